The molecule has 0 saturated heterocycles. The minimum atomic E-state index is -0.417. The van der Waals surface area contributed by atoms with Crippen molar-refractivity contribution in [3.8, 4) is 5.75 Å². The minimum absolute atomic E-state index is 0.345. The molecule has 2 aromatic carbocycles. The molecule has 3 aliphatic rings. The summed E-state index contributed by atoms with van der Waals surface area (Å²) in [7, 11) is 1.59. The Kier molecular flexibility index (Phi) is 5.66. The van der Waals surface area contributed by atoms with Crippen LogP contribution in [0.25, 0.3) is 0 Å². The number of benzene rings is 2. The predicted molar refractivity (Wildman–Crippen MR) is 120 cm³/mol. The van der Waals surface area contributed by atoms with E-state index < -0.39 is 12.2 Å². The normalized spacial score (nSPS) is 30.4. The summed E-state index contributed by atoms with van der Waals surface area (Å²) in [6.45, 7) is 1.99. The van der Waals surface area contributed by atoms with Gasteiger partial charge in [0.1, 0.15) is 18.0 Å². The first-order chi connectivity index (χ1) is 15.5. The number of ether oxygens (including phenoxy) is 3. The lowest BCUT2D eigenvalue weighted by Gasteiger charge is -2.42. The topological polar surface area (TPSA) is 61.8 Å². The van der Waals surface area contributed by atoms with Crippen LogP contribution in [0.15, 0.2) is 48.5 Å². The summed E-state index contributed by atoms with van der Waals surface area (Å²) in [5, 5.41) is 0. The third-order valence-electron chi connectivity index (χ3n) is 7.83. The molecule has 2 bridgehead atoms. The molecule has 6 atom stereocenters. The number of hydrogen-bond acceptors (Lipinski definition) is 5. The molecule has 6 unspecified atom stereocenters. The van der Waals surface area contributed by atoms with E-state index in [0.29, 0.717) is 28.7 Å². The van der Waals surface area contributed by atoms with Crippen molar-refractivity contribution in [2.45, 2.75) is 51.2 Å². The molecule has 32 heavy (non-hydrogen) atoms. The van der Waals surface area contributed by atoms with Gasteiger partial charge in [0.15, 0.2) is 0 Å². The van der Waals surface area contributed by atoms with Gasteiger partial charge in [-0.25, -0.2) is 9.59 Å². The summed E-state index contributed by atoms with van der Waals surface area (Å²) in [4.78, 5) is 25.8. The molecular weight excluding hydrogens is 404 g/mol. The molecule has 3 aliphatic carbocycles. The van der Waals surface area contributed by atoms with Crippen molar-refractivity contribution in [3.63, 3.8) is 0 Å². The van der Waals surface area contributed by atoms with Crippen LogP contribution in [0.4, 0.5) is 0 Å². The van der Waals surface area contributed by atoms with E-state index in [1.54, 1.807) is 43.5 Å². The van der Waals surface area contributed by atoms with E-state index in [1.165, 1.54) is 19.3 Å². The minimum Gasteiger partial charge on any atom is -0.497 e. The number of carbonyl (C=O) groups excluding carboxylic acids is 2. The molecule has 5 heteroatoms. The summed E-state index contributed by atoms with van der Waals surface area (Å²) in [6.07, 6.45) is 4.56. The second-order valence-corrected chi connectivity index (χ2v) is 9.61. The average Bonchev–Trinajstić information content (AvgIpc) is 3.42. The third kappa shape index (κ3) is 4.01. The van der Waals surface area contributed by atoms with E-state index >= 15 is 0 Å². The summed E-state index contributed by atoms with van der Waals surface area (Å²) in [5.74, 6) is 2.55. The van der Waals surface area contributed by atoms with Crippen molar-refractivity contribution >= 4 is 11.9 Å². The number of aryl methyl sites for hydroxylation is 1. The second-order valence-electron chi connectivity index (χ2n) is 9.61. The van der Waals surface area contributed by atoms with Crippen LogP contribution in [-0.4, -0.2) is 31.3 Å². The molecule has 0 aromatic heterocycles. The third-order valence-corrected chi connectivity index (χ3v) is 7.83. The molecular formula is C27H30O5. The Morgan fingerprint density at radius 3 is 1.66 bits per heavy atom. The number of rotatable bonds is 5. The zero-order chi connectivity index (χ0) is 22.2. The van der Waals surface area contributed by atoms with Gasteiger partial charge in [0.05, 0.1) is 18.2 Å². The molecule has 0 spiro atoms. The van der Waals surface area contributed by atoms with E-state index in [-0.39, 0.29) is 11.9 Å². The molecule has 0 N–H and O–H groups in total. The van der Waals surface area contributed by atoms with Crippen LogP contribution >= 0.6 is 0 Å². The van der Waals surface area contributed by atoms with Gasteiger partial charge in [-0.3, -0.25) is 0 Å². The zero-order valence-corrected chi connectivity index (χ0v) is 18.7. The number of hydrogen-bond donors (Lipinski definition) is 0. The Bertz CT molecular complexity index is 980. The highest BCUT2D eigenvalue weighted by Crippen LogP contribution is 2.58. The van der Waals surface area contributed by atoms with Gasteiger partial charge >= 0.3 is 11.9 Å². The van der Waals surface area contributed by atoms with E-state index in [0.717, 1.165) is 30.2 Å². The van der Waals surface area contributed by atoms with Crippen molar-refractivity contribution in [1.29, 1.82) is 0 Å². The number of esters is 2. The van der Waals surface area contributed by atoms with E-state index in [1.807, 2.05) is 19.1 Å². The second kappa shape index (κ2) is 8.61. The fraction of sp³-hybridized carbons (Fsp3) is 0.481. The fourth-order valence-electron chi connectivity index (χ4n) is 6.18. The van der Waals surface area contributed by atoms with Gasteiger partial charge in [0, 0.05) is 0 Å². The Hall–Kier alpha value is -2.82. The van der Waals surface area contributed by atoms with Gasteiger partial charge in [0.25, 0.3) is 0 Å². The Morgan fingerprint density at radius 2 is 1.19 bits per heavy atom. The molecule has 3 fully saturated rings. The van der Waals surface area contributed by atoms with Gasteiger partial charge < -0.3 is 14.2 Å². The highest BCUT2D eigenvalue weighted by Gasteiger charge is 2.53. The van der Waals surface area contributed by atoms with Gasteiger partial charge in [-0.15, -0.1) is 0 Å². The molecule has 0 amide bonds. The molecule has 0 heterocycles. The predicted octanol–water partition coefficient (Wildman–Crippen LogP) is 5.21. The summed E-state index contributed by atoms with van der Waals surface area (Å²) < 4.78 is 17.1. The quantitative estimate of drug-likeness (QED) is 0.605. The number of carbonyl (C=O) groups is 2. The molecule has 2 aromatic rings. The maximum Gasteiger partial charge on any atom is 0.338 e. The number of methoxy groups -OCH3 is 1. The highest BCUT2D eigenvalue weighted by molar-refractivity contribution is 5.90. The van der Waals surface area contributed by atoms with Crippen LogP contribution < -0.4 is 4.74 Å². The van der Waals surface area contributed by atoms with Gasteiger partial charge in [0.2, 0.25) is 0 Å². The first kappa shape index (κ1) is 21.0. The molecule has 3 saturated carbocycles. The maximum atomic E-state index is 12.9. The fourth-order valence-corrected chi connectivity index (χ4v) is 6.18. The first-order valence-electron chi connectivity index (χ1n) is 11.6. The van der Waals surface area contributed by atoms with Crippen LogP contribution in [0.1, 0.15) is 58.4 Å². The van der Waals surface area contributed by atoms with E-state index in [2.05, 4.69) is 0 Å². The first-order valence-corrected chi connectivity index (χ1v) is 11.6. The SMILES string of the molecule is COc1ccc(C(=O)OC2CC3C4CCC(C4)C3CC2OC(=O)c2ccc(C)cc2)cc1. The summed E-state index contributed by atoms with van der Waals surface area (Å²) >= 11 is 0. The number of fused-ring (bicyclic) bond motifs is 5. The van der Waals surface area contributed by atoms with Crippen molar-refractivity contribution in [2.24, 2.45) is 23.7 Å². The van der Waals surface area contributed by atoms with Gasteiger partial charge in [-0.05, 0) is 99.1 Å². The molecule has 5 nitrogen and oxygen atoms in total. The average molecular weight is 435 g/mol. The standard InChI is InChI=1S/C27H30O5/c1-16-3-5-17(6-4-16)26(28)31-24-14-22-19-7-8-20(13-19)23(22)15-25(24)32-27(29)18-9-11-21(30-2)12-10-18/h3-6,9-12,19-20,22-25H,7-8,13-15H2,1-2H3. The summed E-state index contributed by atoms with van der Waals surface area (Å²) in [6, 6.07) is 14.3. The van der Waals surface area contributed by atoms with E-state index in [4.69, 9.17) is 14.2 Å². The zero-order valence-electron chi connectivity index (χ0n) is 18.7. The molecule has 0 aliphatic heterocycles. The smallest absolute Gasteiger partial charge is 0.338 e. The van der Waals surface area contributed by atoms with Crippen LogP contribution in [-0.2, 0) is 9.47 Å². The Morgan fingerprint density at radius 1 is 0.719 bits per heavy atom. The Labute approximate surface area is 189 Å². The lowest BCUT2D eigenvalue weighted by Crippen LogP contribution is -2.45. The van der Waals surface area contributed by atoms with Crippen LogP contribution in [0.3, 0.4) is 0 Å². The van der Waals surface area contributed by atoms with Crippen molar-refractivity contribution in [2.75, 3.05) is 7.11 Å². The molecule has 168 valence electrons. The van der Waals surface area contributed by atoms with Crippen LogP contribution in [0.2, 0.25) is 0 Å². The Balaban J connectivity index is 1.33. The van der Waals surface area contributed by atoms with Crippen LogP contribution in [0.5, 0.6) is 5.75 Å². The van der Waals surface area contributed by atoms with Gasteiger partial charge in [-0.1, -0.05) is 17.7 Å². The van der Waals surface area contributed by atoms with Crippen molar-refractivity contribution < 1.29 is 23.8 Å². The molecule has 0 radical (unpaired) electrons. The van der Waals surface area contributed by atoms with Crippen molar-refractivity contribution in [3.05, 3.63) is 65.2 Å². The summed E-state index contributed by atoms with van der Waals surface area (Å²) in [5.41, 5.74) is 2.10. The maximum absolute atomic E-state index is 12.9. The highest BCUT2D eigenvalue weighted by atomic mass is 16.6. The van der Waals surface area contributed by atoms with Gasteiger partial charge in [-0.2, -0.15) is 0 Å². The monoisotopic (exact) mass is 434 g/mol. The van der Waals surface area contributed by atoms with Crippen molar-refractivity contribution in [1.82, 2.24) is 0 Å². The lowest BCUT2D eigenvalue weighted by atomic mass is 9.69. The lowest BCUT2D eigenvalue weighted by molar-refractivity contribution is -0.0822. The molecule has 5 rings (SSSR count). The largest absolute Gasteiger partial charge is 0.497 e. The van der Waals surface area contributed by atoms with Crippen LogP contribution in [0, 0.1) is 30.6 Å². The van der Waals surface area contributed by atoms with E-state index in [9.17, 15) is 9.59 Å².